The SMILES string of the molecule is COc1cccc(N(C)S(=O)(=O)c2ccc(Br)s2)c1. The normalized spacial score (nSPS) is 11.3. The Balaban J connectivity index is 2.40. The number of thiophene rings is 1. The van der Waals surface area contributed by atoms with E-state index >= 15 is 0 Å². The second-order valence-corrected chi connectivity index (χ2v) is 8.39. The van der Waals surface area contributed by atoms with E-state index in [9.17, 15) is 8.42 Å². The monoisotopic (exact) mass is 361 g/mol. The van der Waals surface area contributed by atoms with Crippen molar-refractivity contribution < 1.29 is 13.2 Å². The Morgan fingerprint density at radius 1 is 1.26 bits per heavy atom. The van der Waals surface area contributed by atoms with Gasteiger partial charge in [-0.3, -0.25) is 4.31 Å². The van der Waals surface area contributed by atoms with E-state index < -0.39 is 10.0 Å². The first-order valence-corrected chi connectivity index (χ1v) is 8.38. The number of nitrogens with zero attached hydrogens (tertiary/aromatic N) is 1. The molecule has 7 heteroatoms. The maximum absolute atomic E-state index is 12.4. The molecule has 2 aromatic rings. The van der Waals surface area contributed by atoms with Crippen molar-refractivity contribution in [1.29, 1.82) is 0 Å². The van der Waals surface area contributed by atoms with Gasteiger partial charge >= 0.3 is 0 Å². The molecule has 0 atom stereocenters. The van der Waals surface area contributed by atoms with E-state index in [0.717, 1.165) is 3.79 Å². The summed E-state index contributed by atoms with van der Waals surface area (Å²) < 4.78 is 32.3. The third-order valence-electron chi connectivity index (χ3n) is 2.58. The number of benzene rings is 1. The zero-order valence-electron chi connectivity index (χ0n) is 10.3. The zero-order valence-corrected chi connectivity index (χ0v) is 13.5. The number of ether oxygens (including phenoxy) is 1. The van der Waals surface area contributed by atoms with Crippen LogP contribution in [0.1, 0.15) is 0 Å². The van der Waals surface area contributed by atoms with E-state index in [1.807, 2.05) is 0 Å². The Kier molecular flexibility index (Phi) is 4.17. The quantitative estimate of drug-likeness (QED) is 0.838. The number of methoxy groups -OCH3 is 1. The van der Waals surface area contributed by atoms with Crippen LogP contribution in [0.4, 0.5) is 5.69 Å². The Morgan fingerprint density at radius 3 is 2.58 bits per heavy atom. The number of hydrogen-bond donors (Lipinski definition) is 0. The van der Waals surface area contributed by atoms with Crippen LogP contribution in [-0.2, 0) is 10.0 Å². The maximum Gasteiger partial charge on any atom is 0.273 e. The number of rotatable bonds is 4. The molecule has 19 heavy (non-hydrogen) atoms. The van der Waals surface area contributed by atoms with Crippen LogP contribution < -0.4 is 9.04 Å². The van der Waals surface area contributed by atoms with E-state index in [1.165, 1.54) is 22.7 Å². The summed E-state index contributed by atoms with van der Waals surface area (Å²) in [5.41, 5.74) is 0.559. The fourth-order valence-corrected chi connectivity index (χ4v) is 4.88. The van der Waals surface area contributed by atoms with E-state index in [1.54, 1.807) is 43.5 Å². The van der Waals surface area contributed by atoms with Crippen molar-refractivity contribution in [3.05, 3.63) is 40.2 Å². The molecule has 0 fully saturated rings. The molecule has 1 heterocycles. The summed E-state index contributed by atoms with van der Waals surface area (Å²) in [4.78, 5) is 0. The number of halogens is 1. The van der Waals surface area contributed by atoms with E-state index in [2.05, 4.69) is 15.9 Å². The lowest BCUT2D eigenvalue weighted by Crippen LogP contribution is -2.25. The van der Waals surface area contributed by atoms with Gasteiger partial charge in [-0.15, -0.1) is 11.3 Å². The van der Waals surface area contributed by atoms with Gasteiger partial charge in [0.25, 0.3) is 10.0 Å². The summed E-state index contributed by atoms with van der Waals surface area (Å²) in [5, 5.41) is 0. The van der Waals surface area contributed by atoms with Gasteiger partial charge in [0.1, 0.15) is 9.96 Å². The van der Waals surface area contributed by atoms with Crippen LogP contribution >= 0.6 is 27.3 Å². The Hall–Kier alpha value is -1.05. The minimum Gasteiger partial charge on any atom is -0.497 e. The minimum absolute atomic E-state index is 0.296. The molecule has 0 aliphatic carbocycles. The summed E-state index contributed by atoms with van der Waals surface area (Å²) in [5.74, 6) is 0.618. The third kappa shape index (κ3) is 2.93. The number of sulfonamides is 1. The van der Waals surface area contributed by atoms with Gasteiger partial charge in [0.2, 0.25) is 0 Å². The van der Waals surface area contributed by atoms with Gasteiger partial charge in [0, 0.05) is 13.1 Å². The molecule has 0 N–H and O–H groups in total. The van der Waals surface area contributed by atoms with Crippen LogP contribution in [-0.4, -0.2) is 22.6 Å². The Labute approximate surface area is 124 Å². The Morgan fingerprint density at radius 2 is 2.00 bits per heavy atom. The van der Waals surface area contributed by atoms with E-state index in [0.29, 0.717) is 15.6 Å². The van der Waals surface area contributed by atoms with Crippen LogP contribution in [0.3, 0.4) is 0 Å². The first kappa shape index (κ1) is 14.4. The molecule has 0 amide bonds. The highest BCUT2D eigenvalue weighted by molar-refractivity contribution is 9.11. The largest absolute Gasteiger partial charge is 0.497 e. The summed E-state index contributed by atoms with van der Waals surface area (Å²) >= 11 is 4.45. The predicted molar refractivity (Wildman–Crippen MR) is 80.6 cm³/mol. The summed E-state index contributed by atoms with van der Waals surface area (Å²) in [6, 6.07) is 10.2. The highest BCUT2D eigenvalue weighted by Gasteiger charge is 2.23. The zero-order chi connectivity index (χ0) is 14.0. The molecule has 102 valence electrons. The van der Waals surface area contributed by atoms with Gasteiger partial charge in [0.05, 0.1) is 16.6 Å². The molecule has 0 radical (unpaired) electrons. The van der Waals surface area contributed by atoms with E-state index in [-0.39, 0.29) is 0 Å². The van der Waals surface area contributed by atoms with Gasteiger partial charge in [-0.1, -0.05) is 6.07 Å². The maximum atomic E-state index is 12.4. The number of anilines is 1. The van der Waals surface area contributed by atoms with Crippen LogP contribution in [0, 0.1) is 0 Å². The highest BCUT2D eigenvalue weighted by atomic mass is 79.9. The van der Waals surface area contributed by atoms with Crippen LogP contribution in [0.5, 0.6) is 5.75 Å². The second-order valence-electron chi connectivity index (χ2n) is 3.73. The van der Waals surface area contributed by atoms with Crippen molar-refractivity contribution in [3.63, 3.8) is 0 Å². The molecule has 0 aliphatic heterocycles. The van der Waals surface area contributed by atoms with Crippen molar-refractivity contribution in [2.45, 2.75) is 4.21 Å². The smallest absolute Gasteiger partial charge is 0.273 e. The van der Waals surface area contributed by atoms with Crippen molar-refractivity contribution in [3.8, 4) is 5.75 Å². The van der Waals surface area contributed by atoms with Gasteiger partial charge < -0.3 is 4.74 Å². The third-order valence-corrected chi connectivity index (χ3v) is 6.46. The first-order chi connectivity index (χ1) is 8.95. The highest BCUT2D eigenvalue weighted by Crippen LogP contribution is 2.31. The lowest BCUT2D eigenvalue weighted by Gasteiger charge is -2.18. The summed E-state index contributed by atoms with van der Waals surface area (Å²) in [7, 11) is -0.459. The topological polar surface area (TPSA) is 46.6 Å². The average Bonchev–Trinajstić information content (AvgIpc) is 2.85. The van der Waals surface area contributed by atoms with Gasteiger partial charge in [-0.2, -0.15) is 0 Å². The van der Waals surface area contributed by atoms with Crippen molar-refractivity contribution in [2.75, 3.05) is 18.5 Å². The molecule has 1 aromatic carbocycles. The molecule has 1 aromatic heterocycles. The molecule has 0 unspecified atom stereocenters. The lowest BCUT2D eigenvalue weighted by atomic mass is 10.3. The number of hydrogen-bond acceptors (Lipinski definition) is 4. The van der Waals surface area contributed by atoms with Crippen molar-refractivity contribution in [2.24, 2.45) is 0 Å². The molecule has 2 rings (SSSR count). The van der Waals surface area contributed by atoms with Crippen molar-refractivity contribution >= 4 is 43.0 Å². The van der Waals surface area contributed by atoms with Crippen LogP contribution in [0.2, 0.25) is 0 Å². The molecular weight excluding hydrogens is 350 g/mol. The van der Waals surface area contributed by atoms with Crippen LogP contribution in [0.15, 0.2) is 44.4 Å². The first-order valence-electron chi connectivity index (χ1n) is 5.33. The second kappa shape index (κ2) is 5.52. The molecular formula is C12H12BrNO3S2. The Bertz CT molecular complexity index is 682. The molecule has 0 saturated carbocycles. The van der Waals surface area contributed by atoms with Crippen LogP contribution in [0.25, 0.3) is 0 Å². The molecule has 0 saturated heterocycles. The summed E-state index contributed by atoms with van der Waals surface area (Å²) in [6.45, 7) is 0. The fraction of sp³-hybridized carbons (Fsp3) is 0.167. The molecule has 4 nitrogen and oxygen atoms in total. The van der Waals surface area contributed by atoms with E-state index in [4.69, 9.17) is 4.74 Å². The average molecular weight is 362 g/mol. The minimum atomic E-state index is -3.53. The van der Waals surface area contributed by atoms with Gasteiger partial charge in [0.15, 0.2) is 0 Å². The molecule has 0 bridgehead atoms. The lowest BCUT2D eigenvalue weighted by molar-refractivity contribution is 0.415. The standard InChI is InChI=1S/C12H12BrNO3S2/c1-14(9-4-3-5-10(8-9)17-2)19(15,16)12-7-6-11(13)18-12/h3-8H,1-2H3. The van der Waals surface area contributed by atoms with Gasteiger partial charge in [-0.25, -0.2) is 8.42 Å². The van der Waals surface area contributed by atoms with Crippen molar-refractivity contribution in [1.82, 2.24) is 0 Å². The molecule has 0 spiro atoms. The molecule has 0 aliphatic rings. The predicted octanol–water partition coefficient (Wildman–Crippen LogP) is 3.34. The summed E-state index contributed by atoms with van der Waals surface area (Å²) in [6.07, 6.45) is 0. The fourth-order valence-electron chi connectivity index (χ4n) is 1.52. The van der Waals surface area contributed by atoms with Gasteiger partial charge in [-0.05, 0) is 40.2 Å².